The first kappa shape index (κ1) is 9.39. The normalized spacial score (nSPS) is 15.0. The van der Waals surface area contributed by atoms with E-state index in [1.807, 2.05) is 0 Å². The summed E-state index contributed by atoms with van der Waals surface area (Å²) in [6.07, 6.45) is 1.32. The Morgan fingerprint density at radius 1 is 1.33 bits per heavy atom. The van der Waals surface area contributed by atoms with E-state index in [1.54, 1.807) is 0 Å². The van der Waals surface area contributed by atoms with Gasteiger partial charge in [0.2, 0.25) is 0 Å². The largest absolute Gasteiger partial charge is 0.288 e. The molecule has 56 valence electrons. The standard InChI is InChI=1S/C7H18NP/c1-6-9(7(2)3)8(4)5/h7H,6H2,1-5H3. The van der Waals surface area contributed by atoms with Gasteiger partial charge in [0.15, 0.2) is 0 Å². The molecular weight excluding hydrogens is 129 g/mol. The third kappa shape index (κ3) is 3.17. The van der Waals surface area contributed by atoms with Crippen molar-refractivity contribution >= 4 is 8.07 Å². The molecule has 1 nitrogen and oxygen atoms in total. The van der Waals surface area contributed by atoms with Gasteiger partial charge in [0.25, 0.3) is 0 Å². The maximum absolute atomic E-state index is 2.36. The van der Waals surface area contributed by atoms with Crippen molar-refractivity contribution < 1.29 is 0 Å². The van der Waals surface area contributed by atoms with E-state index in [1.165, 1.54) is 6.16 Å². The summed E-state index contributed by atoms with van der Waals surface area (Å²) in [7, 11) is 4.51. The molecule has 0 radical (unpaired) electrons. The van der Waals surface area contributed by atoms with Crippen molar-refractivity contribution in [3.8, 4) is 0 Å². The molecule has 2 heteroatoms. The van der Waals surface area contributed by atoms with Crippen LogP contribution >= 0.6 is 8.07 Å². The minimum absolute atomic E-state index is 0.157. The lowest BCUT2D eigenvalue weighted by Gasteiger charge is -2.26. The van der Waals surface area contributed by atoms with Gasteiger partial charge in [0.1, 0.15) is 0 Å². The monoisotopic (exact) mass is 147 g/mol. The fourth-order valence-electron chi connectivity index (χ4n) is 1.11. The van der Waals surface area contributed by atoms with E-state index in [0.717, 1.165) is 5.66 Å². The Balaban J connectivity index is 3.68. The van der Waals surface area contributed by atoms with E-state index in [0.29, 0.717) is 0 Å². The van der Waals surface area contributed by atoms with Gasteiger partial charge < -0.3 is 0 Å². The molecule has 0 aromatic heterocycles. The highest BCUT2D eigenvalue weighted by atomic mass is 31.1. The number of rotatable bonds is 3. The fourth-order valence-corrected chi connectivity index (χ4v) is 3.33. The molecule has 1 atom stereocenters. The lowest BCUT2D eigenvalue weighted by atomic mass is 10.6. The quantitative estimate of drug-likeness (QED) is 0.554. The Bertz CT molecular complexity index is 63.3. The van der Waals surface area contributed by atoms with E-state index in [-0.39, 0.29) is 8.07 Å². The third-order valence-electron chi connectivity index (χ3n) is 1.43. The Kier molecular flexibility index (Phi) is 4.43. The molecule has 0 spiro atoms. The number of hydrogen-bond donors (Lipinski definition) is 0. The van der Waals surface area contributed by atoms with Gasteiger partial charge in [-0.1, -0.05) is 20.8 Å². The van der Waals surface area contributed by atoms with Gasteiger partial charge in [0.05, 0.1) is 0 Å². The van der Waals surface area contributed by atoms with Crippen LogP contribution in [0.3, 0.4) is 0 Å². The van der Waals surface area contributed by atoms with Crippen LogP contribution in [0.4, 0.5) is 0 Å². The summed E-state index contributed by atoms with van der Waals surface area (Å²) >= 11 is 0. The first-order valence-electron chi connectivity index (χ1n) is 3.53. The minimum Gasteiger partial charge on any atom is -0.288 e. The summed E-state index contributed by atoms with van der Waals surface area (Å²) in [5, 5.41) is 0. The van der Waals surface area contributed by atoms with Crippen molar-refractivity contribution in [3.63, 3.8) is 0 Å². The van der Waals surface area contributed by atoms with Gasteiger partial charge >= 0.3 is 0 Å². The molecule has 0 saturated carbocycles. The molecule has 0 aromatic rings. The molecule has 0 aliphatic carbocycles. The van der Waals surface area contributed by atoms with E-state index < -0.39 is 0 Å². The molecule has 1 unspecified atom stereocenters. The van der Waals surface area contributed by atoms with Crippen LogP contribution in [0, 0.1) is 0 Å². The summed E-state index contributed by atoms with van der Waals surface area (Å²) in [5.74, 6) is 0. The summed E-state index contributed by atoms with van der Waals surface area (Å²) in [6.45, 7) is 6.87. The second-order valence-corrected chi connectivity index (χ2v) is 6.04. The molecule has 0 N–H and O–H groups in total. The highest BCUT2D eigenvalue weighted by Crippen LogP contribution is 2.41. The van der Waals surface area contributed by atoms with Crippen LogP contribution in [0.5, 0.6) is 0 Å². The highest BCUT2D eigenvalue weighted by Gasteiger charge is 2.11. The van der Waals surface area contributed by atoms with Crippen LogP contribution < -0.4 is 0 Å². The van der Waals surface area contributed by atoms with Crippen molar-refractivity contribution in [2.75, 3.05) is 20.3 Å². The second kappa shape index (κ2) is 4.24. The van der Waals surface area contributed by atoms with Gasteiger partial charge in [-0.2, -0.15) is 0 Å². The first-order chi connectivity index (χ1) is 4.09. The topological polar surface area (TPSA) is 3.24 Å². The smallest absolute Gasteiger partial charge is 0.00971 e. The molecule has 0 rings (SSSR count). The Morgan fingerprint density at radius 2 is 1.78 bits per heavy atom. The van der Waals surface area contributed by atoms with Crippen LogP contribution in [0.15, 0.2) is 0 Å². The molecule has 0 saturated heterocycles. The van der Waals surface area contributed by atoms with Crippen molar-refractivity contribution in [1.29, 1.82) is 0 Å². The molecule has 0 aromatic carbocycles. The lowest BCUT2D eigenvalue weighted by molar-refractivity contribution is 0.664. The molecule has 0 amide bonds. The zero-order valence-electron chi connectivity index (χ0n) is 7.18. The average Bonchev–Trinajstić information content (AvgIpc) is 1.64. The summed E-state index contributed by atoms with van der Waals surface area (Å²) in [6, 6.07) is 0. The lowest BCUT2D eigenvalue weighted by Crippen LogP contribution is -2.12. The van der Waals surface area contributed by atoms with E-state index in [4.69, 9.17) is 0 Å². The predicted molar refractivity (Wildman–Crippen MR) is 46.3 cm³/mol. The summed E-state index contributed by atoms with van der Waals surface area (Å²) in [5.41, 5.74) is 0.847. The minimum atomic E-state index is 0.157. The van der Waals surface area contributed by atoms with Gasteiger partial charge in [-0.3, -0.25) is 4.67 Å². The van der Waals surface area contributed by atoms with Crippen molar-refractivity contribution in [2.24, 2.45) is 0 Å². The van der Waals surface area contributed by atoms with Crippen LogP contribution in [-0.4, -0.2) is 30.6 Å². The van der Waals surface area contributed by atoms with Crippen LogP contribution in [0.25, 0.3) is 0 Å². The molecule has 0 bridgehead atoms. The molecule has 9 heavy (non-hydrogen) atoms. The average molecular weight is 147 g/mol. The Morgan fingerprint density at radius 3 is 1.78 bits per heavy atom. The van der Waals surface area contributed by atoms with Crippen LogP contribution in [0.1, 0.15) is 20.8 Å². The summed E-state index contributed by atoms with van der Waals surface area (Å²) < 4.78 is 2.36. The molecule has 0 fully saturated rings. The highest BCUT2D eigenvalue weighted by molar-refractivity contribution is 7.55. The van der Waals surface area contributed by atoms with E-state index >= 15 is 0 Å². The van der Waals surface area contributed by atoms with Crippen molar-refractivity contribution in [2.45, 2.75) is 26.4 Å². The SMILES string of the molecule is CCP(C(C)C)N(C)C. The molecular formula is C7H18NP. The third-order valence-corrected chi connectivity index (χ3v) is 4.30. The molecule has 0 heterocycles. The van der Waals surface area contributed by atoms with Gasteiger partial charge in [-0.15, -0.1) is 0 Å². The van der Waals surface area contributed by atoms with Gasteiger partial charge in [-0.05, 0) is 34.0 Å². The zero-order chi connectivity index (χ0) is 7.44. The van der Waals surface area contributed by atoms with Gasteiger partial charge in [-0.25, -0.2) is 0 Å². The van der Waals surface area contributed by atoms with Crippen molar-refractivity contribution in [1.82, 2.24) is 4.67 Å². The zero-order valence-corrected chi connectivity index (χ0v) is 8.07. The number of nitrogens with zero attached hydrogens (tertiary/aromatic N) is 1. The maximum atomic E-state index is 2.36. The first-order valence-corrected chi connectivity index (χ1v) is 5.08. The van der Waals surface area contributed by atoms with Crippen LogP contribution in [-0.2, 0) is 0 Å². The summed E-state index contributed by atoms with van der Waals surface area (Å²) in [4.78, 5) is 0. The fraction of sp³-hybridized carbons (Fsp3) is 1.00. The van der Waals surface area contributed by atoms with Crippen molar-refractivity contribution in [3.05, 3.63) is 0 Å². The molecule has 0 aliphatic rings. The number of hydrogen-bond acceptors (Lipinski definition) is 1. The Labute approximate surface area is 60.2 Å². The molecule has 0 aliphatic heterocycles. The van der Waals surface area contributed by atoms with E-state index in [2.05, 4.69) is 39.5 Å². The van der Waals surface area contributed by atoms with E-state index in [9.17, 15) is 0 Å². The second-order valence-electron chi connectivity index (χ2n) is 2.70. The van der Waals surface area contributed by atoms with Crippen LogP contribution in [0.2, 0.25) is 0 Å². The Hall–Kier alpha value is 0.390. The van der Waals surface area contributed by atoms with Gasteiger partial charge in [0, 0.05) is 0 Å². The maximum Gasteiger partial charge on any atom is -0.00971 e. The predicted octanol–water partition coefficient (Wildman–Crippen LogP) is 2.37.